The van der Waals surface area contributed by atoms with E-state index in [0.717, 1.165) is 16.7 Å². The van der Waals surface area contributed by atoms with Crippen molar-refractivity contribution in [3.05, 3.63) is 132 Å². The van der Waals surface area contributed by atoms with Gasteiger partial charge in [-0.3, -0.25) is 9.36 Å². The molecule has 0 saturated heterocycles. The minimum absolute atomic E-state index is 0.117. The van der Waals surface area contributed by atoms with Crippen LogP contribution in [0.5, 0.6) is 5.75 Å². The van der Waals surface area contributed by atoms with Gasteiger partial charge in [-0.2, -0.15) is 0 Å². The third-order valence-electron chi connectivity index (χ3n) is 6.44. The van der Waals surface area contributed by atoms with Crippen molar-refractivity contribution in [2.45, 2.75) is 33.4 Å². The number of thiazole rings is 1. The summed E-state index contributed by atoms with van der Waals surface area (Å²) < 4.78 is 27.0. The SMILES string of the molecule is CCOC(=O)C1=C(C)N=c2s/c(=C/c3ccc(OCc4ccccc4F)cc3)c(=O)n2[C@@H]1c1ccc(C)cc1. The van der Waals surface area contributed by atoms with Crippen LogP contribution in [0.3, 0.4) is 0 Å². The van der Waals surface area contributed by atoms with Crippen LogP contribution < -0.4 is 19.6 Å². The molecule has 4 aromatic rings. The summed E-state index contributed by atoms with van der Waals surface area (Å²) in [6, 6.07) is 20.8. The van der Waals surface area contributed by atoms with Crippen LogP contribution in [-0.4, -0.2) is 17.1 Å². The molecule has 0 spiro atoms. The number of halogens is 1. The number of esters is 1. The second-order valence-corrected chi connectivity index (χ2v) is 10.2. The largest absolute Gasteiger partial charge is 0.489 e. The summed E-state index contributed by atoms with van der Waals surface area (Å²) >= 11 is 1.27. The summed E-state index contributed by atoms with van der Waals surface area (Å²) in [5.41, 5.74) is 3.81. The van der Waals surface area contributed by atoms with Crippen molar-refractivity contribution in [2.75, 3.05) is 6.61 Å². The zero-order chi connectivity index (χ0) is 27.5. The molecule has 1 atom stereocenters. The van der Waals surface area contributed by atoms with E-state index in [1.54, 1.807) is 54.8 Å². The number of hydrogen-bond donors (Lipinski definition) is 0. The Bertz CT molecular complexity index is 1740. The predicted octanol–water partition coefficient (Wildman–Crippen LogP) is 4.82. The Kier molecular flexibility index (Phi) is 7.56. The number of carbonyl (C=O) groups excluding carboxylic acids is 1. The maximum Gasteiger partial charge on any atom is 0.338 e. The van der Waals surface area contributed by atoms with Crippen molar-refractivity contribution in [3.63, 3.8) is 0 Å². The Hall–Kier alpha value is -4.30. The molecule has 0 aliphatic carbocycles. The van der Waals surface area contributed by atoms with Crippen molar-refractivity contribution >= 4 is 23.4 Å². The lowest BCUT2D eigenvalue weighted by molar-refractivity contribution is -0.139. The first kappa shape index (κ1) is 26.3. The maximum absolute atomic E-state index is 13.9. The van der Waals surface area contributed by atoms with E-state index in [9.17, 15) is 14.0 Å². The first-order valence-electron chi connectivity index (χ1n) is 12.6. The van der Waals surface area contributed by atoms with Gasteiger partial charge in [0.25, 0.3) is 5.56 Å². The average Bonchev–Trinajstić information content (AvgIpc) is 3.23. The Morgan fingerprint density at radius 3 is 2.46 bits per heavy atom. The number of carbonyl (C=O) groups is 1. The number of allylic oxidation sites excluding steroid dienone is 1. The van der Waals surface area contributed by atoms with Gasteiger partial charge in [0, 0.05) is 5.56 Å². The molecule has 198 valence electrons. The molecule has 0 saturated carbocycles. The van der Waals surface area contributed by atoms with Crippen molar-refractivity contribution in [3.8, 4) is 5.75 Å². The van der Waals surface area contributed by atoms with Gasteiger partial charge < -0.3 is 9.47 Å². The summed E-state index contributed by atoms with van der Waals surface area (Å²) in [5, 5.41) is 0. The number of fused-ring (bicyclic) bond motifs is 1. The van der Waals surface area contributed by atoms with E-state index < -0.39 is 12.0 Å². The van der Waals surface area contributed by atoms with Gasteiger partial charge in [-0.15, -0.1) is 0 Å². The first-order valence-corrected chi connectivity index (χ1v) is 13.4. The Morgan fingerprint density at radius 1 is 1.05 bits per heavy atom. The maximum atomic E-state index is 13.9. The summed E-state index contributed by atoms with van der Waals surface area (Å²) in [5.74, 6) is -0.203. The lowest BCUT2D eigenvalue weighted by Crippen LogP contribution is -2.39. The summed E-state index contributed by atoms with van der Waals surface area (Å²) in [4.78, 5) is 31.8. The van der Waals surface area contributed by atoms with Crippen LogP contribution in [0.1, 0.15) is 42.1 Å². The molecule has 0 unspecified atom stereocenters. The van der Waals surface area contributed by atoms with E-state index in [1.807, 2.05) is 43.3 Å². The Labute approximate surface area is 229 Å². The van der Waals surface area contributed by atoms with Crippen LogP contribution >= 0.6 is 11.3 Å². The van der Waals surface area contributed by atoms with E-state index in [2.05, 4.69) is 4.99 Å². The van der Waals surface area contributed by atoms with Gasteiger partial charge in [-0.05, 0) is 56.2 Å². The van der Waals surface area contributed by atoms with Gasteiger partial charge in [0.1, 0.15) is 18.2 Å². The minimum atomic E-state index is -0.641. The van der Waals surface area contributed by atoms with E-state index in [0.29, 0.717) is 31.9 Å². The molecule has 6 nitrogen and oxygen atoms in total. The van der Waals surface area contributed by atoms with Crippen molar-refractivity contribution < 1.29 is 18.7 Å². The van der Waals surface area contributed by atoms with Crippen molar-refractivity contribution in [1.82, 2.24) is 4.57 Å². The van der Waals surface area contributed by atoms with E-state index in [-0.39, 0.29) is 24.6 Å². The van der Waals surface area contributed by atoms with Crippen LogP contribution in [0.4, 0.5) is 4.39 Å². The van der Waals surface area contributed by atoms with Gasteiger partial charge in [-0.25, -0.2) is 14.2 Å². The smallest absolute Gasteiger partial charge is 0.338 e. The fraction of sp³-hybridized carbons (Fsp3) is 0.194. The third kappa shape index (κ3) is 5.47. The molecule has 3 aromatic carbocycles. The Balaban J connectivity index is 1.50. The summed E-state index contributed by atoms with van der Waals surface area (Å²) in [6.07, 6.45) is 1.79. The zero-order valence-corrected chi connectivity index (χ0v) is 22.6. The number of ether oxygens (including phenoxy) is 2. The molecular formula is C31H27FN2O4S. The van der Waals surface area contributed by atoms with Crippen LogP contribution in [0, 0.1) is 12.7 Å². The highest BCUT2D eigenvalue weighted by Crippen LogP contribution is 2.30. The zero-order valence-electron chi connectivity index (χ0n) is 21.8. The van der Waals surface area contributed by atoms with Crippen LogP contribution in [-0.2, 0) is 16.1 Å². The molecular weight excluding hydrogens is 515 g/mol. The van der Waals surface area contributed by atoms with Gasteiger partial charge >= 0.3 is 5.97 Å². The quantitative estimate of drug-likeness (QED) is 0.314. The van der Waals surface area contributed by atoms with Crippen molar-refractivity contribution in [1.29, 1.82) is 0 Å². The third-order valence-corrected chi connectivity index (χ3v) is 7.42. The number of rotatable bonds is 7. The van der Waals surface area contributed by atoms with E-state index in [4.69, 9.17) is 9.47 Å². The normalized spacial score (nSPS) is 15.1. The molecule has 0 bridgehead atoms. The summed E-state index contributed by atoms with van der Waals surface area (Å²) in [6.45, 7) is 5.84. The molecule has 1 aromatic heterocycles. The lowest BCUT2D eigenvalue weighted by Gasteiger charge is -2.24. The highest BCUT2D eigenvalue weighted by Gasteiger charge is 2.33. The van der Waals surface area contributed by atoms with Gasteiger partial charge in [0.2, 0.25) is 0 Å². The number of nitrogens with zero attached hydrogens (tertiary/aromatic N) is 2. The molecule has 2 heterocycles. The molecule has 1 aliphatic heterocycles. The van der Waals surface area contributed by atoms with E-state index >= 15 is 0 Å². The van der Waals surface area contributed by atoms with Gasteiger partial charge in [0.15, 0.2) is 4.80 Å². The monoisotopic (exact) mass is 542 g/mol. The molecule has 0 N–H and O–H groups in total. The van der Waals surface area contributed by atoms with E-state index in [1.165, 1.54) is 17.4 Å². The molecule has 0 amide bonds. The van der Waals surface area contributed by atoms with Crippen LogP contribution in [0.15, 0.2) is 93.9 Å². The Morgan fingerprint density at radius 2 is 1.77 bits per heavy atom. The molecule has 39 heavy (non-hydrogen) atoms. The van der Waals surface area contributed by atoms with Crippen LogP contribution in [0.2, 0.25) is 0 Å². The topological polar surface area (TPSA) is 69.9 Å². The molecule has 0 radical (unpaired) electrons. The minimum Gasteiger partial charge on any atom is -0.489 e. The number of aromatic nitrogens is 1. The second kappa shape index (κ2) is 11.2. The average molecular weight is 543 g/mol. The molecule has 0 fully saturated rings. The highest BCUT2D eigenvalue weighted by molar-refractivity contribution is 7.07. The number of hydrogen-bond acceptors (Lipinski definition) is 6. The number of aryl methyl sites for hydroxylation is 1. The van der Waals surface area contributed by atoms with Crippen LogP contribution in [0.25, 0.3) is 6.08 Å². The second-order valence-electron chi connectivity index (χ2n) is 9.16. The fourth-order valence-electron chi connectivity index (χ4n) is 4.44. The van der Waals surface area contributed by atoms with Gasteiger partial charge in [-0.1, -0.05) is 71.5 Å². The highest BCUT2D eigenvalue weighted by atomic mass is 32.1. The van der Waals surface area contributed by atoms with Crippen molar-refractivity contribution in [2.24, 2.45) is 4.99 Å². The predicted molar refractivity (Wildman–Crippen MR) is 149 cm³/mol. The fourth-order valence-corrected chi connectivity index (χ4v) is 5.49. The van der Waals surface area contributed by atoms with Gasteiger partial charge in [0.05, 0.1) is 28.5 Å². The summed E-state index contributed by atoms with van der Waals surface area (Å²) in [7, 11) is 0. The first-order chi connectivity index (χ1) is 18.9. The number of benzene rings is 3. The molecule has 5 rings (SSSR count). The molecule has 8 heteroatoms. The standard InChI is InChI=1S/C31H27FN2O4S/c1-4-37-30(36)27-20(3)33-31-34(28(27)22-13-9-19(2)10-14-22)29(35)26(39-31)17-21-11-15-24(16-12-21)38-18-23-7-5-6-8-25(23)32/h5-17,28H,4,18H2,1-3H3/b26-17+/t28-/m1/s1. The molecule has 1 aliphatic rings. The lowest BCUT2D eigenvalue weighted by atomic mass is 9.95.